The summed E-state index contributed by atoms with van der Waals surface area (Å²) in [6.45, 7) is 0.884. The second kappa shape index (κ2) is 12.9. The number of nitrogens with one attached hydrogen (secondary N) is 4. The van der Waals surface area contributed by atoms with E-state index in [4.69, 9.17) is 0 Å². The van der Waals surface area contributed by atoms with Gasteiger partial charge in [-0.2, -0.15) is 0 Å². The van der Waals surface area contributed by atoms with E-state index in [0.717, 1.165) is 6.20 Å². The van der Waals surface area contributed by atoms with Crippen LogP contribution in [0.2, 0.25) is 0 Å². The number of hydrogen-bond donors (Lipinski definition) is 4. The van der Waals surface area contributed by atoms with Crippen LogP contribution in [-0.2, 0) is 19.1 Å². The molecule has 1 aromatic carbocycles. The Morgan fingerprint density at radius 2 is 1.79 bits per heavy atom. The molecule has 0 radical (unpaired) electrons. The Hall–Kier alpha value is -4.81. The normalized spacial score (nSPS) is 10.6. The summed E-state index contributed by atoms with van der Waals surface area (Å²) in [6, 6.07) is 10.6. The number of carbonyl (C=O) groups excluding carboxylic acids is 4. The molecule has 0 saturated heterocycles. The number of aromatic nitrogens is 1. The third kappa shape index (κ3) is 8.03. The van der Waals surface area contributed by atoms with Crippen molar-refractivity contribution in [1.82, 2.24) is 20.9 Å². The summed E-state index contributed by atoms with van der Waals surface area (Å²) < 4.78 is 4.68. The molecule has 13 heteroatoms. The summed E-state index contributed by atoms with van der Waals surface area (Å²) >= 11 is 0. The minimum atomic E-state index is -0.873. The monoisotopic (exact) mass is 470 g/mol. The molecule has 0 aliphatic rings. The molecule has 0 fully saturated rings. The average molecular weight is 470 g/mol. The van der Waals surface area contributed by atoms with Crippen molar-refractivity contribution < 1.29 is 28.8 Å². The molecule has 1 aromatic heterocycles. The van der Waals surface area contributed by atoms with E-state index in [0.29, 0.717) is 0 Å². The van der Waals surface area contributed by atoms with Gasteiger partial charge in [0.1, 0.15) is 12.2 Å². The molecule has 34 heavy (non-hydrogen) atoms. The predicted octanol–water partition coefficient (Wildman–Crippen LogP) is 0.469. The largest absolute Gasteiger partial charge is 0.465 e. The van der Waals surface area contributed by atoms with Crippen LogP contribution in [0.4, 0.5) is 11.5 Å². The van der Waals surface area contributed by atoms with Crippen LogP contribution in [-0.4, -0.2) is 53.3 Å². The number of benzene rings is 1. The van der Waals surface area contributed by atoms with Gasteiger partial charge in [0.05, 0.1) is 18.1 Å². The fraction of sp³-hybridized carbons (Fsp3) is 0.190. The zero-order chi connectivity index (χ0) is 24.9. The third-order valence-electron chi connectivity index (χ3n) is 4.01. The van der Waals surface area contributed by atoms with Crippen LogP contribution in [0.1, 0.15) is 17.3 Å². The van der Waals surface area contributed by atoms with Gasteiger partial charge in [0, 0.05) is 24.0 Å². The smallest absolute Gasteiger partial charge is 0.325 e. The van der Waals surface area contributed by atoms with E-state index in [-0.39, 0.29) is 35.9 Å². The number of nitro groups is 1. The molecule has 0 atom stereocenters. The number of esters is 1. The molecule has 0 spiro atoms. The zero-order valence-electron chi connectivity index (χ0n) is 18.1. The van der Waals surface area contributed by atoms with Crippen LogP contribution in [0.3, 0.4) is 0 Å². The summed E-state index contributed by atoms with van der Waals surface area (Å²) in [7, 11) is 0. The highest BCUT2D eigenvalue weighted by Crippen LogP contribution is 2.20. The van der Waals surface area contributed by atoms with Crippen LogP contribution in [0.5, 0.6) is 0 Å². The fourth-order valence-corrected chi connectivity index (χ4v) is 2.44. The number of anilines is 1. The molecule has 178 valence electrons. The lowest BCUT2D eigenvalue weighted by atomic mass is 10.2. The average Bonchev–Trinajstić information content (AvgIpc) is 2.84. The van der Waals surface area contributed by atoms with Crippen molar-refractivity contribution in [3.05, 3.63) is 76.2 Å². The minimum absolute atomic E-state index is 0.155. The van der Waals surface area contributed by atoms with Gasteiger partial charge in [0.2, 0.25) is 11.7 Å². The van der Waals surface area contributed by atoms with E-state index in [2.05, 4.69) is 31.0 Å². The van der Waals surface area contributed by atoms with E-state index >= 15 is 0 Å². The molecule has 3 amide bonds. The highest BCUT2D eigenvalue weighted by molar-refractivity contribution is 6.03. The van der Waals surface area contributed by atoms with Crippen LogP contribution >= 0.6 is 0 Å². The van der Waals surface area contributed by atoms with Gasteiger partial charge in [-0.25, -0.2) is 4.98 Å². The summed E-state index contributed by atoms with van der Waals surface area (Å²) in [4.78, 5) is 62.7. The maximum atomic E-state index is 12.6. The molecule has 0 unspecified atom stereocenters. The quantitative estimate of drug-likeness (QED) is 0.157. The Morgan fingerprint density at radius 1 is 1.06 bits per heavy atom. The topological polar surface area (TPSA) is 182 Å². The molecule has 1 heterocycles. The van der Waals surface area contributed by atoms with Crippen molar-refractivity contribution in [2.75, 3.05) is 25.0 Å². The van der Waals surface area contributed by atoms with Crippen LogP contribution in [0, 0.1) is 10.1 Å². The number of amides is 3. The number of carbonyl (C=O) groups is 4. The first kappa shape index (κ1) is 25.5. The number of nitrogens with zero attached hydrogens (tertiary/aromatic N) is 2. The van der Waals surface area contributed by atoms with Gasteiger partial charge in [0.25, 0.3) is 11.8 Å². The summed E-state index contributed by atoms with van der Waals surface area (Å²) in [5.41, 5.74) is -0.449. The summed E-state index contributed by atoms with van der Waals surface area (Å²) in [5, 5.41) is 20.6. The lowest BCUT2D eigenvalue weighted by Gasteiger charge is -2.12. The van der Waals surface area contributed by atoms with Gasteiger partial charge >= 0.3 is 11.7 Å². The Balaban J connectivity index is 2.13. The van der Waals surface area contributed by atoms with Crippen LogP contribution in [0.25, 0.3) is 0 Å². The lowest BCUT2D eigenvalue weighted by molar-refractivity contribution is -0.384. The van der Waals surface area contributed by atoms with Gasteiger partial charge in [-0.05, 0) is 25.1 Å². The van der Waals surface area contributed by atoms with E-state index < -0.39 is 35.2 Å². The van der Waals surface area contributed by atoms with Crippen LogP contribution < -0.4 is 21.3 Å². The van der Waals surface area contributed by atoms with Crippen molar-refractivity contribution in [2.45, 2.75) is 6.92 Å². The summed E-state index contributed by atoms with van der Waals surface area (Å²) in [6.07, 6.45) is 2.32. The fourth-order valence-electron chi connectivity index (χ4n) is 2.44. The van der Waals surface area contributed by atoms with Gasteiger partial charge in [-0.1, -0.05) is 18.2 Å². The highest BCUT2D eigenvalue weighted by atomic mass is 16.6. The van der Waals surface area contributed by atoms with Gasteiger partial charge in [-0.15, -0.1) is 0 Å². The number of ether oxygens (including phenoxy) is 1. The molecule has 0 aliphatic heterocycles. The van der Waals surface area contributed by atoms with Crippen molar-refractivity contribution in [3.8, 4) is 0 Å². The molecule has 0 saturated carbocycles. The Labute approximate surface area is 193 Å². The molecular formula is C21H22N6O7. The molecule has 4 N–H and O–H groups in total. The highest BCUT2D eigenvalue weighted by Gasteiger charge is 2.18. The first-order chi connectivity index (χ1) is 16.3. The zero-order valence-corrected chi connectivity index (χ0v) is 18.1. The van der Waals surface area contributed by atoms with Crippen LogP contribution in [0.15, 0.2) is 60.6 Å². The van der Waals surface area contributed by atoms with E-state index in [1.807, 2.05) is 0 Å². The number of hydrogen-bond acceptors (Lipinski definition) is 9. The molecular weight excluding hydrogens is 448 g/mol. The number of pyridine rings is 1. The standard InChI is InChI=1S/C21H22N6O7/c1-2-34-18(29)13-23-17(28)12-25-21(31)15(26-20(30)14-7-4-3-5-8-14)11-24-19-16(27(32)33)9-6-10-22-19/h3-11H,2,12-13H2,1H3,(H,22,24)(H,23,28)(H,25,31)(H,26,30)/b15-11-. The second-order valence-electron chi connectivity index (χ2n) is 6.42. The number of rotatable bonds is 11. The first-order valence-electron chi connectivity index (χ1n) is 9.94. The van der Waals surface area contributed by atoms with E-state index in [9.17, 15) is 29.3 Å². The molecule has 0 bridgehead atoms. The van der Waals surface area contributed by atoms with Gasteiger partial charge in [0.15, 0.2) is 0 Å². The Bertz CT molecular complexity index is 1090. The molecule has 2 rings (SSSR count). The maximum absolute atomic E-state index is 12.6. The van der Waals surface area contributed by atoms with Crippen molar-refractivity contribution in [3.63, 3.8) is 0 Å². The SMILES string of the molecule is CCOC(=O)CNC(=O)CNC(=O)/C(=C/Nc1ncccc1[N+](=O)[O-])NC(=O)c1ccccc1. The lowest BCUT2D eigenvalue weighted by Crippen LogP contribution is -2.42. The van der Waals surface area contributed by atoms with Crippen molar-refractivity contribution >= 4 is 35.2 Å². The van der Waals surface area contributed by atoms with E-state index in [1.165, 1.54) is 30.5 Å². The minimum Gasteiger partial charge on any atom is -0.465 e. The first-order valence-corrected chi connectivity index (χ1v) is 9.94. The summed E-state index contributed by atoms with van der Waals surface area (Å²) in [5.74, 6) is -2.99. The molecule has 13 nitrogen and oxygen atoms in total. The Kier molecular flexibility index (Phi) is 9.66. The van der Waals surface area contributed by atoms with E-state index in [1.54, 1.807) is 25.1 Å². The third-order valence-corrected chi connectivity index (χ3v) is 4.01. The Morgan fingerprint density at radius 3 is 2.47 bits per heavy atom. The predicted molar refractivity (Wildman–Crippen MR) is 119 cm³/mol. The second-order valence-corrected chi connectivity index (χ2v) is 6.42. The van der Waals surface area contributed by atoms with Gasteiger partial charge in [-0.3, -0.25) is 29.3 Å². The molecule has 0 aliphatic carbocycles. The van der Waals surface area contributed by atoms with Crippen molar-refractivity contribution in [1.29, 1.82) is 0 Å². The maximum Gasteiger partial charge on any atom is 0.325 e. The van der Waals surface area contributed by atoms with Crippen molar-refractivity contribution in [2.24, 2.45) is 0 Å². The van der Waals surface area contributed by atoms with Gasteiger partial charge < -0.3 is 26.0 Å². The molecule has 2 aromatic rings.